The van der Waals surface area contributed by atoms with Gasteiger partial charge in [0.1, 0.15) is 17.1 Å². The van der Waals surface area contributed by atoms with Gasteiger partial charge in [-0.15, -0.1) is 0 Å². The molecule has 1 aromatic rings. The minimum atomic E-state index is -0.496. The van der Waals surface area contributed by atoms with Crippen LogP contribution in [0.5, 0.6) is 11.5 Å². The third kappa shape index (κ3) is 7.47. The van der Waals surface area contributed by atoms with Crippen molar-refractivity contribution in [2.24, 2.45) is 0 Å². The highest BCUT2D eigenvalue weighted by molar-refractivity contribution is 5.96. The fraction of sp³-hybridized carbons (Fsp3) is 0.625. The van der Waals surface area contributed by atoms with E-state index in [-0.39, 0.29) is 29.8 Å². The summed E-state index contributed by atoms with van der Waals surface area (Å²) >= 11 is 0. The number of esters is 3. The SMILES string of the molecule is CCCC(=O)Oc1cc2c(c(OC(=O)CCC)c1)C(=O)O[C@H](C)CCCCCCC2. The second kappa shape index (κ2) is 12.4. The van der Waals surface area contributed by atoms with Gasteiger partial charge in [-0.1, -0.05) is 33.1 Å². The van der Waals surface area contributed by atoms with Crippen molar-refractivity contribution in [3.63, 3.8) is 0 Å². The molecule has 0 spiro atoms. The lowest BCUT2D eigenvalue weighted by Gasteiger charge is -2.19. The monoisotopic (exact) mass is 418 g/mol. The number of hydrogen-bond acceptors (Lipinski definition) is 6. The van der Waals surface area contributed by atoms with Crippen molar-refractivity contribution in [3.05, 3.63) is 23.3 Å². The number of benzene rings is 1. The summed E-state index contributed by atoms with van der Waals surface area (Å²) in [7, 11) is 0. The fourth-order valence-electron chi connectivity index (χ4n) is 3.56. The predicted molar refractivity (Wildman–Crippen MR) is 114 cm³/mol. The highest BCUT2D eigenvalue weighted by atomic mass is 16.6. The number of carbonyl (C=O) groups excluding carboxylic acids is 3. The molecule has 2 rings (SSSR count). The van der Waals surface area contributed by atoms with E-state index in [0.717, 1.165) is 38.5 Å². The molecule has 1 aromatic carbocycles. The summed E-state index contributed by atoms with van der Waals surface area (Å²) in [4.78, 5) is 37.2. The van der Waals surface area contributed by atoms with Gasteiger partial charge in [-0.25, -0.2) is 4.79 Å². The highest BCUT2D eigenvalue weighted by Crippen LogP contribution is 2.33. The van der Waals surface area contributed by atoms with E-state index in [1.54, 1.807) is 6.07 Å². The molecule has 0 saturated carbocycles. The lowest BCUT2D eigenvalue weighted by Crippen LogP contribution is -2.20. The number of ether oxygens (including phenoxy) is 3. The molecule has 0 aromatic heterocycles. The molecule has 1 aliphatic heterocycles. The van der Waals surface area contributed by atoms with Crippen LogP contribution in [-0.4, -0.2) is 24.0 Å². The third-order valence-electron chi connectivity index (χ3n) is 5.09. The average Bonchev–Trinajstić information content (AvgIpc) is 2.66. The molecule has 0 N–H and O–H groups in total. The number of hydrogen-bond donors (Lipinski definition) is 0. The Balaban J connectivity index is 2.45. The molecule has 1 atom stereocenters. The van der Waals surface area contributed by atoms with Gasteiger partial charge in [-0.05, 0) is 57.1 Å². The van der Waals surface area contributed by atoms with Crippen molar-refractivity contribution in [2.45, 2.75) is 97.5 Å². The summed E-state index contributed by atoms with van der Waals surface area (Å²) in [5, 5.41) is 0. The van der Waals surface area contributed by atoms with Gasteiger partial charge in [0.2, 0.25) is 0 Å². The number of rotatable bonds is 6. The second-order valence-corrected chi connectivity index (χ2v) is 7.93. The average molecular weight is 419 g/mol. The Hall–Kier alpha value is -2.37. The molecule has 0 aliphatic carbocycles. The Kier molecular flexibility index (Phi) is 9.84. The van der Waals surface area contributed by atoms with Gasteiger partial charge >= 0.3 is 17.9 Å². The number of cyclic esters (lactones) is 1. The van der Waals surface area contributed by atoms with Gasteiger partial charge in [0, 0.05) is 18.9 Å². The molecule has 1 aliphatic rings. The molecule has 0 radical (unpaired) electrons. The van der Waals surface area contributed by atoms with Gasteiger partial charge in [-0.2, -0.15) is 0 Å². The standard InChI is InChI=1S/C24H34O6/c1-4-11-21(25)29-19-15-18-14-10-8-6-7-9-13-17(3)28-24(27)23(18)20(16-19)30-22(26)12-5-2/h15-17H,4-14H2,1-3H3/t17-/m1/s1. The third-order valence-corrected chi connectivity index (χ3v) is 5.09. The smallest absolute Gasteiger partial charge is 0.342 e. The zero-order chi connectivity index (χ0) is 21.9. The van der Waals surface area contributed by atoms with Crippen molar-refractivity contribution in [1.29, 1.82) is 0 Å². The van der Waals surface area contributed by atoms with Gasteiger partial charge < -0.3 is 14.2 Å². The van der Waals surface area contributed by atoms with Crippen molar-refractivity contribution < 1.29 is 28.6 Å². The van der Waals surface area contributed by atoms with Crippen LogP contribution in [0.1, 0.15) is 101 Å². The predicted octanol–water partition coefficient (Wildman–Crippen LogP) is 5.54. The van der Waals surface area contributed by atoms with Crippen molar-refractivity contribution >= 4 is 17.9 Å². The van der Waals surface area contributed by atoms with E-state index in [4.69, 9.17) is 14.2 Å². The van der Waals surface area contributed by atoms with E-state index in [9.17, 15) is 14.4 Å². The maximum Gasteiger partial charge on any atom is 0.342 e. The van der Waals surface area contributed by atoms with Gasteiger partial charge in [0.25, 0.3) is 0 Å². The van der Waals surface area contributed by atoms with E-state index >= 15 is 0 Å². The van der Waals surface area contributed by atoms with Crippen LogP contribution in [0.4, 0.5) is 0 Å². The largest absolute Gasteiger partial charge is 0.459 e. The maximum absolute atomic E-state index is 13.0. The van der Waals surface area contributed by atoms with Crippen LogP contribution in [-0.2, 0) is 20.7 Å². The Morgan fingerprint density at radius 3 is 2.30 bits per heavy atom. The van der Waals surface area contributed by atoms with Crippen LogP contribution in [0.25, 0.3) is 0 Å². The van der Waals surface area contributed by atoms with E-state index in [0.29, 0.717) is 37.0 Å². The quantitative estimate of drug-likeness (QED) is 0.446. The summed E-state index contributed by atoms with van der Waals surface area (Å²) in [6.45, 7) is 5.66. The molecular formula is C24H34O6. The lowest BCUT2D eigenvalue weighted by molar-refractivity contribution is -0.134. The first kappa shape index (κ1) is 23.9. The van der Waals surface area contributed by atoms with E-state index in [1.807, 2.05) is 20.8 Å². The maximum atomic E-state index is 13.0. The van der Waals surface area contributed by atoms with Gasteiger partial charge in [-0.3, -0.25) is 9.59 Å². The highest BCUT2D eigenvalue weighted by Gasteiger charge is 2.25. The van der Waals surface area contributed by atoms with E-state index in [1.165, 1.54) is 6.07 Å². The molecule has 0 unspecified atom stereocenters. The Labute approximate surface area is 179 Å². The molecule has 0 bridgehead atoms. The summed E-state index contributed by atoms with van der Waals surface area (Å²) in [6.07, 6.45) is 8.25. The summed E-state index contributed by atoms with van der Waals surface area (Å²) < 4.78 is 16.6. The fourth-order valence-corrected chi connectivity index (χ4v) is 3.56. The number of carbonyl (C=O) groups is 3. The molecule has 1 heterocycles. The first-order valence-electron chi connectivity index (χ1n) is 11.2. The Morgan fingerprint density at radius 1 is 0.967 bits per heavy atom. The Morgan fingerprint density at radius 2 is 1.60 bits per heavy atom. The van der Waals surface area contributed by atoms with E-state index < -0.39 is 11.9 Å². The molecule has 6 heteroatoms. The van der Waals surface area contributed by atoms with Crippen molar-refractivity contribution in [3.8, 4) is 11.5 Å². The minimum absolute atomic E-state index is 0.111. The van der Waals surface area contributed by atoms with E-state index in [2.05, 4.69) is 0 Å². The molecule has 30 heavy (non-hydrogen) atoms. The molecule has 0 fully saturated rings. The van der Waals surface area contributed by atoms with Gasteiger partial charge in [0.15, 0.2) is 0 Å². The first-order valence-corrected chi connectivity index (χ1v) is 11.2. The number of aryl methyl sites for hydroxylation is 1. The van der Waals surface area contributed by atoms with Crippen LogP contribution >= 0.6 is 0 Å². The minimum Gasteiger partial charge on any atom is -0.459 e. The molecule has 0 saturated heterocycles. The molecule has 6 nitrogen and oxygen atoms in total. The summed E-state index contributed by atoms with van der Waals surface area (Å²) in [5.74, 6) is -0.876. The normalized spacial score (nSPS) is 17.7. The molecule has 0 amide bonds. The van der Waals surface area contributed by atoms with Gasteiger partial charge in [0.05, 0.1) is 6.10 Å². The topological polar surface area (TPSA) is 78.9 Å². The summed E-state index contributed by atoms with van der Waals surface area (Å²) in [5.41, 5.74) is 0.955. The Bertz CT molecular complexity index is 739. The zero-order valence-electron chi connectivity index (χ0n) is 18.5. The first-order chi connectivity index (χ1) is 14.4. The molecular weight excluding hydrogens is 384 g/mol. The van der Waals surface area contributed by atoms with Crippen molar-refractivity contribution in [1.82, 2.24) is 0 Å². The van der Waals surface area contributed by atoms with Crippen LogP contribution < -0.4 is 9.47 Å². The lowest BCUT2D eigenvalue weighted by atomic mass is 9.98. The molecule has 166 valence electrons. The summed E-state index contributed by atoms with van der Waals surface area (Å²) in [6, 6.07) is 3.16. The second-order valence-electron chi connectivity index (χ2n) is 7.93. The number of fused-ring (bicyclic) bond motifs is 1. The van der Waals surface area contributed by atoms with Crippen LogP contribution in [0, 0.1) is 0 Å². The van der Waals surface area contributed by atoms with Crippen LogP contribution in [0.3, 0.4) is 0 Å². The van der Waals surface area contributed by atoms with Crippen molar-refractivity contribution in [2.75, 3.05) is 0 Å². The zero-order valence-corrected chi connectivity index (χ0v) is 18.5. The van der Waals surface area contributed by atoms with Crippen LogP contribution in [0.2, 0.25) is 0 Å². The van der Waals surface area contributed by atoms with Crippen LogP contribution in [0.15, 0.2) is 12.1 Å².